The minimum absolute atomic E-state index is 0.379. The number of ether oxygens (including phenoxy) is 1. The predicted octanol–water partition coefficient (Wildman–Crippen LogP) is 0.913. The van der Waals surface area contributed by atoms with Gasteiger partial charge in [-0.05, 0) is 16.8 Å². The van der Waals surface area contributed by atoms with Crippen LogP contribution in [0.5, 0.6) is 0 Å². The van der Waals surface area contributed by atoms with Crippen molar-refractivity contribution in [3.63, 3.8) is 0 Å². The maximum absolute atomic E-state index is 11.2. The standard InChI is InChI=1S/C11H12N4O3/c16-15(17)14-10-4-2-1-3-9(10)12-11(14)13-5-7-18-8-6-13/h1-4H,5-8H2. The molecule has 0 spiro atoms. The van der Waals surface area contributed by atoms with Crippen molar-refractivity contribution in [2.45, 2.75) is 0 Å². The lowest BCUT2D eigenvalue weighted by Crippen LogP contribution is -2.38. The Morgan fingerprint density at radius 2 is 2.00 bits per heavy atom. The first-order valence-corrected chi connectivity index (χ1v) is 5.72. The quantitative estimate of drug-likeness (QED) is 0.583. The molecule has 0 aliphatic carbocycles. The van der Waals surface area contributed by atoms with Gasteiger partial charge in [0, 0.05) is 13.1 Å². The van der Waals surface area contributed by atoms with E-state index in [1.165, 1.54) is 0 Å². The lowest BCUT2D eigenvalue weighted by molar-refractivity contribution is -0.536. The highest BCUT2D eigenvalue weighted by atomic mass is 16.7. The Labute approximate surface area is 103 Å². The fourth-order valence-corrected chi connectivity index (χ4v) is 2.13. The van der Waals surface area contributed by atoms with Gasteiger partial charge in [-0.1, -0.05) is 12.1 Å². The smallest absolute Gasteiger partial charge is 0.271 e. The minimum atomic E-state index is -0.430. The van der Waals surface area contributed by atoms with Crippen molar-refractivity contribution >= 4 is 17.0 Å². The lowest BCUT2D eigenvalue weighted by Gasteiger charge is -2.26. The number of nitrogens with zero attached hydrogens (tertiary/aromatic N) is 4. The normalized spacial score (nSPS) is 16.1. The van der Waals surface area contributed by atoms with Crippen LogP contribution >= 0.6 is 0 Å². The Balaban J connectivity index is 2.14. The molecule has 1 aliphatic rings. The van der Waals surface area contributed by atoms with E-state index in [4.69, 9.17) is 4.74 Å². The molecule has 1 aliphatic heterocycles. The highest BCUT2D eigenvalue weighted by Gasteiger charge is 2.24. The summed E-state index contributed by atoms with van der Waals surface area (Å²) >= 11 is 0. The number of fused-ring (bicyclic) bond motifs is 1. The summed E-state index contributed by atoms with van der Waals surface area (Å²) in [7, 11) is 0. The molecule has 1 fully saturated rings. The molecule has 7 heteroatoms. The van der Waals surface area contributed by atoms with Crippen molar-refractivity contribution in [2.24, 2.45) is 0 Å². The summed E-state index contributed by atoms with van der Waals surface area (Å²) in [5.74, 6) is 0.379. The van der Waals surface area contributed by atoms with E-state index in [0.29, 0.717) is 43.3 Å². The molecule has 1 aromatic carbocycles. The van der Waals surface area contributed by atoms with Crippen LogP contribution in [0.15, 0.2) is 24.3 Å². The molecule has 1 aromatic heterocycles. The fourth-order valence-electron chi connectivity index (χ4n) is 2.13. The highest BCUT2D eigenvalue weighted by molar-refractivity contribution is 5.78. The third-order valence-corrected chi connectivity index (χ3v) is 2.98. The number of benzene rings is 1. The molecule has 94 valence electrons. The van der Waals surface area contributed by atoms with Gasteiger partial charge in [0.1, 0.15) is 5.52 Å². The van der Waals surface area contributed by atoms with Crippen LogP contribution in [0.3, 0.4) is 0 Å². The zero-order valence-electron chi connectivity index (χ0n) is 9.65. The number of morpholine rings is 1. The van der Waals surface area contributed by atoms with Gasteiger partial charge in [0.25, 0.3) is 5.95 Å². The van der Waals surface area contributed by atoms with Gasteiger partial charge >= 0.3 is 0 Å². The van der Waals surface area contributed by atoms with Crippen LogP contribution < -0.4 is 4.90 Å². The first-order chi connectivity index (χ1) is 8.77. The van der Waals surface area contributed by atoms with E-state index in [1.54, 1.807) is 18.2 Å². The molecule has 7 nitrogen and oxygen atoms in total. The van der Waals surface area contributed by atoms with Gasteiger partial charge in [-0.25, -0.2) is 15.1 Å². The molecule has 0 saturated carbocycles. The highest BCUT2D eigenvalue weighted by Crippen LogP contribution is 2.22. The summed E-state index contributed by atoms with van der Waals surface area (Å²) in [4.78, 5) is 17.4. The average Bonchev–Trinajstić information content (AvgIpc) is 2.79. The second-order valence-corrected chi connectivity index (χ2v) is 4.05. The van der Waals surface area contributed by atoms with Gasteiger partial charge in [0.2, 0.25) is 0 Å². The third-order valence-electron chi connectivity index (χ3n) is 2.98. The largest absolute Gasteiger partial charge is 0.378 e. The molecule has 3 rings (SSSR count). The van der Waals surface area contributed by atoms with E-state index in [-0.39, 0.29) is 0 Å². The van der Waals surface area contributed by atoms with Crippen LogP contribution in [0.25, 0.3) is 11.0 Å². The number of imidazole rings is 1. The van der Waals surface area contributed by atoms with Crippen LogP contribution in [0.2, 0.25) is 0 Å². The van der Waals surface area contributed by atoms with E-state index in [0.717, 1.165) is 4.68 Å². The van der Waals surface area contributed by atoms with Crippen molar-refractivity contribution in [2.75, 3.05) is 31.2 Å². The first-order valence-electron chi connectivity index (χ1n) is 5.72. The molecular weight excluding hydrogens is 236 g/mol. The Morgan fingerprint density at radius 3 is 2.72 bits per heavy atom. The van der Waals surface area contributed by atoms with Gasteiger partial charge in [0.15, 0.2) is 5.03 Å². The van der Waals surface area contributed by atoms with E-state index < -0.39 is 5.03 Å². The molecule has 0 bridgehead atoms. The van der Waals surface area contributed by atoms with Crippen LogP contribution in [-0.2, 0) is 4.74 Å². The SMILES string of the molecule is O=[N+]([O-])n1c(N2CCOCC2)nc2ccccc21. The lowest BCUT2D eigenvalue weighted by atomic mass is 10.3. The number of aromatic nitrogens is 2. The van der Waals surface area contributed by atoms with E-state index in [1.807, 2.05) is 11.0 Å². The van der Waals surface area contributed by atoms with Gasteiger partial charge in [-0.3, -0.25) is 0 Å². The molecule has 0 radical (unpaired) electrons. The number of anilines is 1. The molecule has 2 heterocycles. The molecule has 0 N–H and O–H groups in total. The minimum Gasteiger partial charge on any atom is -0.378 e. The zero-order chi connectivity index (χ0) is 12.5. The summed E-state index contributed by atoms with van der Waals surface area (Å²) < 4.78 is 6.29. The summed E-state index contributed by atoms with van der Waals surface area (Å²) in [5, 5.41) is 10.8. The van der Waals surface area contributed by atoms with Crippen LogP contribution in [-0.4, -0.2) is 41.0 Å². The van der Waals surface area contributed by atoms with Crippen molar-refractivity contribution in [3.05, 3.63) is 34.4 Å². The first kappa shape index (κ1) is 11.0. The Hall–Kier alpha value is -2.15. The van der Waals surface area contributed by atoms with Crippen LogP contribution in [0.1, 0.15) is 0 Å². The molecule has 0 atom stereocenters. The number of nitro groups is 1. The maximum Gasteiger partial charge on any atom is 0.271 e. The topological polar surface area (TPSA) is 73.4 Å². The molecule has 1 saturated heterocycles. The number of para-hydroxylation sites is 2. The van der Waals surface area contributed by atoms with E-state index >= 15 is 0 Å². The van der Waals surface area contributed by atoms with Crippen molar-refractivity contribution in [3.8, 4) is 0 Å². The average molecular weight is 248 g/mol. The van der Waals surface area contributed by atoms with E-state index in [2.05, 4.69) is 4.98 Å². The van der Waals surface area contributed by atoms with Crippen LogP contribution in [0, 0.1) is 10.1 Å². The summed E-state index contributed by atoms with van der Waals surface area (Å²) in [6.45, 7) is 2.39. The third kappa shape index (κ3) is 1.68. The Morgan fingerprint density at radius 1 is 1.28 bits per heavy atom. The molecule has 2 aromatic rings. The molecule has 0 unspecified atom stereocenters. The van der Waals surface area contributed by atoms with Gasteiger partial charge in [0.05, 0.1) is 18.7 Å². The number of hydrogen-bond acceptors (Lipinski definition) is 5. The zero-order valence-corrected chi connectivity index (χ0v) is 9.65. The van der Waals surface area contributed by atoms with Crippen molar-refractivity contribution in [1.29, 1.82) is 0 Å². The van der Waals surface area contributed by atoms with Gasteiger partial charge in [-0.15, -0.1) is 0 Å². The molecule has 0 amide bonds. The summed E-state index contributed by atoms with van der Waals surface area (Å²) in [6.07, 6.45) is 0. The predicted molar refractivity (Wildman–Crippen MR) is 65.2 cm³/mol. The maximum atomic E-state index is 11.2. The Bertz CT molecular complexity index is 589. The monoisotopic (exact) mass is 248 g/mol. The molecular formula is C11H12N4O3. The van der Waals surface area contributed by atoms with Crippen LogP contribution in [0.4, 0.5) is 5.95 Å². The fraction of sp³-hybridized carbons (Fsp3) is 0.364. The summed E-state index contributed by atoms with van der Waals surface area (Å²) in [5.41, 5.74) is 1.15. The molecule has 18 heavy (non-hydrogen) atoms. The second-order valence-electron chi connectivity index (χ2n) is 4.05. The number of rotatable bonds is 2. The number of hydrogen-bond donors (Lipinski definition) is 0. The summed E-state index contributed by atoms with van der Waals surface area (Å²) in [6, 6.07) is 7.07. The van der Waals surface area contributed by atoms with Crippen molar-refractivity contribution in [1.82, 2.24) is 9.66 Å². The van der Waals surface area contributed by atoms with E-state index in [9.17, 15) is 10.1 Å². The second kappa shape index (κ2) is 4.26. The van der Waals surface area contributed by atoms with Gasteiger partial charge in [-0.2, -0.15) is 0 Å². The van der Waals surface area contributed by atoms with Crippen molar-refractivity contribution < 1.29 is 9.77 Å². The van der Waals surface area contributed by atoms with Gasteiger partial charge < -0.3 is 9.64 Å². The Kier molecular flexibility index (Phi) is 2.60.